The Morgan fingerprint density at radius 2 is 2.12 bits per heavy atom. The minimum absolute atomic E-state index is 0.160. The maximum absolute atomic E-state index is 11.9. The molecule has 1 aromatic rings. The summed E-state index contributed by atoms with van der Waals surface area (Å²) in [5.74, 6) is 0.373. The number of aliphatic hydroxyl groups excluding tert-OH is 1. The molecule has 0 radical (unpaired) electrons. The van der Waals surface area contributed by atoms with Crippen molar-refractivity contribution in [2.24, 2.45) is 5.92 Å². The van der Waals surface area contributed by atoms with Crippen LogP contribution in [0.25, 0.3) is 0 Å². The van der Waals surface area contributed by atoms with E-state index in [2.05, 4.69) is 17.3 Å². The van der Waals surface area contributed by atoms with Crippen molar-refractivity contribution in [3.05, 3.63) is 29.8 Å². The number of anilines is 1. The molecule has 1 aliphatic rings. The maximum atomic E-state index is 11.9. The largest absolute Gasteiger partial charge is 0.444 e. The second-order valence-electron chi connectivity index (χ2n) is 7.78. The number of hydrogen-bond donors (Lipinski definition) is 2. The molecule has 1 saturated carbocycles. The normalized spacial score (nSPS) is 21.1. The van der Waals surface area contributed by atoms with E-state index in [9.17, 15) is 9.90 Å². The predicted molar refractivity (Wildman–Crippen MR) is 96.0 cm³/mol. The SMILES string of the molecule is CN(Cc1cccc(NC(=O)OC(C)(C)C)c1)CC1CCCC1O. The lowest BCUT2D eigenvalue weighted by Crippen LogP contribution is -2.29. The van der Waals surface area contributed by atoms with Crippen LogP contribution in [0.15, 0.2) is 24.3 Å². The first-order valence-corrected chi connectivity index (χ1v) is 8.68. The van der Waals surface area contributed by atoms with Crippen molar-refractivity contribution in [3.63, 3.8) is 0 Å². The van der Waals surface area contributed by atoms with Crippen molar-refractivity contribution < 1.29 is 14.6 Å². The van der Waals surface area contributed by atoms with Gasteiger partial charge in [-0.25, -0.2) is 4.79 Å². The zero-order chi connectivity index (χ0) is 17.7. The monoisotopic (exact) mass is 334 g/mol. The summed E-state index contributed by atoms with van der Waals surface area (Å²) in [6.07, 6.45) is 2.55. The van der Waals surface area contributed by atoms with Crippen LogP contribution in [0, 0.1) is 5.92 Å². The Bertz CT molecular complexity index is 554. The third kappa shape index (κ3) is 6.13. The molecule has 2 N–H and O–H groups in total. The fourth-order valence-electron chi connectivity index (χ4n) is 3.18. The first-order valence-electron chi connectivity index (χ1n) is 8.68. The van der Waals surface area contributed by atoms with Crippen molar-refractivity contribution in [1.82, 2.24) is 4.90 Å². The van der Waals surface area contributed by atoms with Crippen molar-refractivity contribution >= 4 is 11.8 Å². The van der Waals surface area contributed by atoms with Gasteiger partial charge >= 0.3 is 6.09 Å². The molecule has 0 saturated heterocycles. The van der Waals surface area contributed by atoms with Gasteiger partial charge in [0.15, 0.2) is 0 Å². The zero-order valence-corrected chi connectivity index (χ0v) is 15.2. The predicted octanol–water partition coefficient (Wildman–Crippen LogP) is 3.63. The number of rotatable bonds is 5. The Kier molecular flexibility index (Phi) is 6.24. The molecule has 5 heteroatoms. The Morgan fingerprint density at radius 3 is 2.75 bits per heavy atom. The molecule has 0 aromatic heterocycles. The molecule has 0 aliphatic heterocycles. The van der Waals surface area contributed by atoms with E-state index in [1.54, 1.807) is 0 Å². The topological polar surface area (TPSA) is 61.8 Å². The van der Waals surface area contributed by atoms with E-state index < -0.39 is 11.7 Å². The summed E-state index contributed by atoms with van der Waals surface area (Å²) in [6.45, 7) is 7.21. The van der Waals surface area contributed by atoms with Gasteiger partial charge in [-0.2, -0.15) is 0 Å². The zero-order valence-electron chi connectivity index (χ0n) is 15.2. The first-order chi connectivity index (χ1) is 11.2. The van der Waals surface area contributed by atoms with Crippen molar-refractivity contribution in [2.75, 3.05) is 18.9 Å². The van der Waals surface area contributed by atoms with Gasteiger partial charge in [0.2, 0.25) is 0 Å². The molecule has 0 bridgehead atoms. The molecule has 0 spiro atoms. The number of hydrogen-bond acceptors (Lipinski definition) is 4. The van der Waals surface area contributed by atoms with Crippen LogP contribution in [0.3, 0.4) is 0 Å². The van der Waals surface area contributed by atoms with Gasteiger partial charge in [-0.05, 0) is 64.3 Å². The van der Waals surface area contributed by atoms with E-state index in [0.717, 1.165) is 43.6 Å². The number of nitrogens with zero attached hydrogens (tertiary/aromatic N) is 1. The van der Waals surface area contributed by atoms with E-state index in [-0.39, 0.29) is 6.10 Å². The van der Waals surface area contributed by atoms with Crippen LogP contribution in [0.4, 0.5) is 10.5 Å². The average molecular weight is 334 g/mol. The standard InChI is InChI=1S/C19H30N2O3/c1-19(2,3)24-18(23)20-16-9-5-7-14(11-16)12-21(4)13-15-8-6-10-17(15)22/h5,7,9,11,15,17,22H,6,8,10,12-13H2,1-4H3,(H,20,23). The minimum atomic E-state index is -0.510. The molecule has 1 amide bonds. The number of benzene rings is 1. The summed E-state index contributed by atoms with van der Waals surface area (Å²) in [4.78, 5) is 14.1. The molecule has 2 atom stereocenters. The van der Waals surface area contributed by atoms with Gasteiger partial charge in [-0.15, -0.1) is 0 Å². The van der Waals surface area contributed by atoms with E-state index in [1.165, 1.54) is 0 Å². The Morgan fingerprint density at radius 1 is 1.38 bits per heavy atom. The minimum Gasteiger partial charge on any atom is -0.444 e. The maximum Gasteiger partial charge on any atom is 0.412 e. The second-order valence-corrected chi connectivity index (χ2v) is 7.78. The number of ether oxygens (including phenoxy) is 1. The molecule has 5 nitrogen and oxygen atoms in total. The van der Waals surface area contributed by atoms with Crippen LogP contribution in [-0.4, -0.2) is 41.4 Å². The third-order valence-corrected chi connectivity index (χ3v) is 4.19. The van der Waals surface area contributed by atoms with E-state index in [1.807, 2.05) is 45.0 Å². The molecule has 2 rings (SSSR count). The summed E-state index contributed by atoms with van der Waals surface area (Å²) >= 11 is 0. The molecular weight excluding hydrogens is 304 g/mol. The summed E-state index contributed by atoms with van der Waals surface area (Å²) in [5.41, 5.74) is 1.35. The first kappa shape index (κ1) is 18.7. The fourth-order valence-corrected chi connectivity index (χ4v) is 3.18. The highest BCUT2D eigenvalue weighted by Gasteiger charge is 2.26. The van der Waals surface area contributed by atoms with Crippen LogP contribution < -0.4 is 5.32 Å². The molecule has 0 heterocycles. The molecule has 2 unspecified atom stereocenters. The van der Waals surface area contributed by atoms with Crippen molar-refractivity contribution in [2.45, 2.75) is 58.3 Å². The molecule has 1 fully saturated rings. The lowest BCUT2D eigenvalue weighted by molar-refractivity contribution is 0.0636. The van der Waals surface area contributed by atoms with E-state index in [0.29, 0.717) is 5.92 Å². The number of carbonyl (C=O) groups excluding carboxylic acids is 1. The summed E-state index contributed by atoms with van der Waals surface area (Å²) < 4.78 is 5.27. The second kappa shape index (κ2) is 7.99. The van der Waals surface area contributed by atoms with Crippen LogP contribution in [0.2, 0.25) is 0 Å². The highest BCUT2D eigenvalue weighted by Crippen LogP contribution is 2.26. The highest BCUT2D eigenvalue weighted by atomic mass is 16.6. The van der Waals surface area contributed by atoms with Crippen molar-refractivity contribution in [3.8, 4) is 0 Å². The number of carbonyl (C=O) groups is 1. The van der Waals surface area contributed by atoms with Crippen LogP contribution in [0.1, 0.15) is 45.6 Å². The lowest BCUT2D eigenvalue weighted by atomic mass is 10.1. The highest BCUT2D eigenvalue weighted by molar-refractivity contribution is 5.84. The Labute approximate surface area is 145 Å². The molecule has 1 aromatic carbocycles. The van der Waals surface area contributed by atoms with E-state index in [4.69, 9.17) is 4.74 Å². The number of aliphatic hydroxyl groups is 1. The summed E-state index contributed by atoms with van der Waals surface area (Å²) in [6, 6.07) is 7.79. The molecule has 134 valence electrons. The third-order valence-electron chi connectivity index (χ3n) is 4.19. The van der Waals surface area contributed by atoms with Gasteiger partial charge in [0.05, 0.1) is 6.10 Å². The van der Waals surface area contributed by atoms with Crippen LogP contribution >= 0.6 is 0 Å². The molecular formula is C19H30N2O3. The van der Waals surface area contributed by atoms with Gasteiger partial charge < -0.3 is 14.7 Å². The van der Waals surface area contributed by atoms with Gasteiger partial charge in [-0.3, -0.25) is 5.32 Å². The summed E-state index contributed by atoms with van der Waals surface area (Å²) in [5, 5.41) is 12.7. The van der Waals surface area contributed by atoms with Crippen LogP contribution in [-0.2, 0) is 11.3 Å². The van der Waals surface area contributed by atoms with Crippen molar-refractivity contribution in [1.29, 1.82) is 0 Å². The Balaban J connectivity index is 1.88. The van der Waals surface area contributed by atoms with E-state index >= 15 is 0 Å². The molecule has 1 aliphatic carbocycles. The lowest BCUT2D eigenvalue weighted by Gasteiger charge is -2.23. The van der Waals surface area contributed by atoms with Gasteiger partial charge in [0.1, 0.15) is 5.60 Å². The van der Waals surface area contributed by atoms with Gasteiger partial charge in [0, 0.05) is 18.8 Å². The average Bonchev–Trinajstić information content (AvgIpc) is 2.82. The smallest absolute Gasteiger partial charge is 0.412 e. The van der Waals surface area contributed by atoms with Gasteiger partial charge in [0.25, 0.3) is 0 Å². The summed E-state index contributed by atoms with van der Waals surface area (Å²) in [7, 11) is 2.07. The quantitative estimate of drug-likeness (QED) is 0.863. The molecule has 24 heavy (non-hydrogen) atoms. The Hall–Kier alpha value is -1.59. The number of nitrogens with one attached hydrogen (secondary N) is 1. The van der Waals surface area contributed by atoms with Crippen LogP contribution in [0.5, 0.6) is 0 Å². The van der Waals surface area contributed by atoms with Gasteiger partial charge in [-0.1, -0.05) is 18.6 Å². The fraction of sp³-hybridized carbons (Fsp3) is 0.632. The number of amides is 1.